The first-order valence-electron chi connectivity index (χ1n) is 5.75. The molecular weight excluding hydrogens is 264 g/mol. The van der Waals surface area contributed by atoms with E-state index in [1.165, 1.54) is 12.5 Å². The monoisotopic (exact) mass is 280 g/mol. The van der Waals surface area contributed by atoms with E-state index in [-0.39, 0.29) is 11.1 Å². The van der Waals surface area contributed by atoms with Crippen LogP contribution in [-0.4, -0.2) is 18.0 Å². The molecule has 3 N–H and O–H groups in total. The van der Waals surface area contributed by atoms with Crippen molar-refractivity contribution >= 4 is 15.7 Å². The van der Waals surface area contributed by atoms with Gasteiger partial charge in [-0.1, -0.05) is 12.1 Å². The van der Waals surface area contributed by atoms with Gasteiger partial charge in [0.2, 0.25) is 0 Å². The third-order valence-electron chi connectivity index (χ3n) is 2.62. The van der Waals surface area contributed by atoms with Crippen LogP contribution in [0, 0.1) is 0 Å². The summed E-state index contributed by atoms with van der Waals surface area (Å²) in [5.41, 5.74) is 7.10. The molecule has 1 unspecified atom stereocenters. The maximum atomic E-state index is 12.1. The molecule has 1 atom stereocenters. The lowest BCUT2D eigenvalue weighted by atomic mass is 10.1. The number of sulfonamides is 1. The summed E-state index contributed by atoms with van der Waals surface area (Å²) >= 11 is 0. The van der Waals surface area contributed by atoms with Crippen molar-refractivity contribution in [3.05, 3.63) is 42.4 Å². The lowest BCUT2D eigenvalue weighted by molar-refractivity contribution is 0.598. The number of nitrogens with zero attached hydrogens (tertiary/aromatic N) is 2. The first-order chi connectivity index (χ1) is 8.88. The number of hydrogen-bond acceptors (Lipinski definition) is 4. The van der Waals surface area contributed by atoms with E-state index < -0.39 is 10.0 Å². The van der Waals surface area contributed by atoms with E-state index in [0.717, 1.165) is 5.56 Å². The molecule has 1 heterocycles. The first-order valence-corrected chi connectivity index (χ1v) is 7.23. The highest BCUT2D eigenvalue weighted by Crippen LogP contribution is 2.18. The van der Waals surface area contributed by atoms with Crippen molar-refractivity contribution in [2.45, 2.75) is 18.0 Å². The van der Waals surface area contributed by atoms with Crippen LogP contribution in [-0.2, 0) is 17.1 Å². The zero-order valence-corrected chi connectivity index (χ0v) is 11.6. The Kier molecular flexibility index (Phi) is 3.59. The van der Waals surface area contributed by atoms with Crippen LogP contribution < -0.4 is 10.5 Å². The second-order valence-electron chi connectivity index (χ2n) is 4.40. The van der Waals surface area contributed by atoms with Gasteiger partial charge in [-0.3, -0.25) is 4.72 Å². The molecular formula is C12H16N4O2S. The summed E-state index contributed by atoms with van der Waals surface area (Å²) in [6, 6.07) is 6.84. The van der Waals surface area contributed by atoms with E-state index in [0.29, 0.717) is 5.69 Å². The maximum absolute atomic E-state index is 12.1. The van der Waals surface area contributed by atoms with Gasteiger partial charge in [-0.25, -0.2) is 4.98 Å². The van der Waals surface area contributed by atoms with Crippen LogP contribution >= 0.6 is 0 Å². The smallest absolute Gasteiger partial charge is 0.280 e. The molecule has 6 nitrogen and oxygen atoms in total. The lowest BCUT2D eigenvalue weighted by Gasteiger charge is -2.09. The Morgan fingerprint density at radius 3 is 2.74 bits per heavy atom. The number of hydrogen-bond donors (Lipinski definition) is 2. The highest BCUT2D eigenvalue weighted by Gasteiger charge is 2.17. The summed E-state index contributed by atoms with van der Waals surface area (Å²) in [6.07, 6.45) is 2.88. The number of benzene rings is 1. The van der Waals surface area contributed by atoms with Crippen LogP contribution in [0.3, 0.4) is 0 Å². The van der Waals surface area contributed by atoms with Gasteiger partial charge in [0, 0.05) is 25.0 Å². The topological polar surface area (TPSA) is 90.0 Å². The molecule has 19 heavy (non-hydrogen) atoms. The quantitative estimate of drug-likeness (QED) is 0.881. The number of imidazole rings is 1. The van der Waals surface area contributed by atoms with E-state index in [2.05, 4.69) is 9.71 Å². The predicted octanol–water partition coefficient (Wildman–Crippen LogP) is 1.24. The molecule has 0 spiro atoms. The minimum atomic E-state index is -3.66. The number of rotatable bonds is 4. The molecule has 0 saturated carbocycles. The molecule has 2 rings (SSSR count). The maximum Gasteiger partial charge on any atom is 0.280 e. The van der Waals surface area contributed by atoms with Gasteiger partial charge < -0.3 is 10.3 Å². The molecule has 0 amide bonds. The Balaban J connectivity index is 2.28. The number of nitrogens with one attached hydrogen (secondary N) is 1. The molecule has 0 bridgehead atoms. The summed E-state index contributed by atoms with van der Waals surface area (Å²) in [6.45, 7) is 1.84. The summed E-state index contributed by atoms with van der Waals surface area (Å²) in [4.78, 5) is 3.83. The molecule has 0 aliphatic carbocycles. The second kappa shape index (κ2) is 5.02. The summed E-state index contributed by atoms with van der Waals surface area (Å²) < 4.78 is 28.2. The Labute approximate surface area is 112 Å². The lowest BCUT2D eigenvalue weighted by Crippen LogP contribution is -2.14. The molecule has 7 heteroatoms. The summed E-state index contributed by atoms with van der Waals surface area (Å²) in [7, 11) is -1.95. The van der Waals surface area contributed by atoms with E-state index >= 15 is 0 Å². The van der Waals surface area contributed by atoms with Crippen LogP contribution in [0.4, 0.5) is 5.69 Å². The van der Waals surface area contributed by atoms with Crippen molar-refractivity contribution in [3.63, 3.8) is 0 Å². The van der Waals surface area contributed by atoms with Crippen LogP contribution in [0.2, 0.25) is 0 Å². The number of aromatic nitrogens is 2. The molecule has 1 aromatic heterocycles. The predicted molar refractivity (Wildman–Crippen MR) is 73.1 cm³/mol. The minimum absolute atomic E-state index is 0.0128. The van der Waals surface area contributed by atoms with E-state index in [4.69, 9.17) is 5.73 Å². The van der Waals surface area contributed by atoms with Gasteiger partial charge in [0.25, 0.3) is 10.0 Å². The third kappa shape index (κ3) is 3.12. The first kappa shape index (κ1) is 13.6. The van der Waals surface area contributed by atoms with Crippen molar-refractivity contribution in [1.82, 2.24) is 9.55 Å². The number of anilines is 1. The van der Waals surface area contributed by atoms with Gasteiger partial charge in [-0.2, -0.15) is 8.42 Å². The fraction of sp³-hybridized carbons (Fsp3) is 0.250. The Hall–Kier alpha value is -1.86. The zero-order chi connectivity index (χ0) is 14.0. The third-order valence-corrected chi connectivity index (χ3v) is 3.89. The molecule has 2 aromatic rings. The van der Waals surface area contributed by atoms with Crippen LogP contribution in [0.15, 0.2) is 41.8 Å². The number of nitrogens with two attached hydrogens (primary N) is 1. The number of aryl methyl sites for hydroxylation is 1. The minimum Gasteiger partial charge on any atom is -0.339 e. The van der Waals surface area contributed by atoms with E-state index in [1.807, 2.05) is 13.0 Å². The standard InChI is InChI=1S/C12H16N4O2S/c1-9(13)10-4-3-5-11(6-10)15-19(17,18)12-7-16(2)8-14-12/h3-9,15H,13H2,1-2H3. The van der Waals surface area contributed by atoms with E-state index in [1.54, 1.807) is 29.8 Å². The van der Waals surface area contributed by atoms with Gasteiger partial charge >= 0.3 is 0 Å². The van der Waals surface area contributed by atoms with Gasteiger partial charge in [-0.05, 0) is 24.6 Å². The Morgan fingerprint density at radius 2 is 2.16 bits per heavy atom. The summed E-state index contributed by atoms with van der Waals surface area (Å²) in [5.74, 6) is 0. The molecule has 0 radical (unpaired) electrons. The Morgan fingerprint density at radius 1 is 1.42 bits per heavy atom. The van der Waals surface area contributed by atoms with Crippen molar-refractivity contribution < 1.29 is 8.42 Å². The largest absolute Gasteiger partial charge is 0.339 e. The fourth-order valence-electron chi connectivity index (χ4n) is 1.62. The van der Waals surface area contributed by atoms with Crippen LogP contribution in [0.5, 0.6) is 0 Å². The zero-order valence-electron chi connectivity index (χ0n) is 10.7. The average molecular weight is 280 g/mol. The molecule has 0 saturated heterocycles. The van der Waals surface area contributed by atoms with Gasteiger partial charge in [0.15, 0.2) is 5.03 Å². The highest BCUT2D eigenvalue weighted by molar-refractivity contribution is 7.92. The second-order valence-corrected chi connectivity index (χ2v) is 6.03. The van der Waals surface area contributed by atoms with Gasteiger partial charge in [-0.15, -0.1) is 0 Å². The molecule has 0 aliphatic rings. The Bertz CT molecular complexity index is 677. The molecule has 102 valence electrons. The molecule has 1 aromatic carbocycles. The van der Waals surface area contributed by atoms with Crippen molar-refractivity contribution in [2.24, 2.45) is 12.8 Å². The van der Waals surface area contributed by atoms with Crippen molar-refractivity contribution in [2.75, 3.05) is 4.72 Å². The summed E-state index contributed by atoms with van der Waals surface area (Å²) in [5, 5.41) is -0.0128. The molecule has 0 aliphatic heterocycles. The van der Waals surface area contributed by atoms with Crippen LogP contribution in [0.1, 0.15) is 18.5 Å². The van der Waals surface area contributed by atoms with E-state index in [9.17, 15) is 8.42 Å². The normalized spacial score (nSPS) is 13.2. The van der Waals surface area contributed by atoms with Crippen LogP contribution in [0.25, 0.3) is 0 Å². The van der Waals surface area contributed by atoms with Crippen molar-refractivity contribution in [3.8, 4) is 0 Å². The van der Waals surface area contributed by atoms with Gasteiger partial charge in [0.05, 0.1) is 6.33 Å². The average Bonchev–Trinajstić information content (AvgIpc) is 2.76. The SMILES string of the molecule is CC(N)c1cccc(NS(=O)(=O)c2cn(C)cn2)c1. The highest BCUT2D eigenvalue weighted by atomic mass is 32.2. The van der Waals surface area contributed by atoms with Crippen molar-refractivity contribution in [1.29, 1.82) is 0 Å². The fourth-order valence-corrected chi connectivity index (χ4v) is 2.65. The van der Waals surface area contributed by atoms with Gasteiger partial charge in [0.1, 0.15) is 0 Å². The molecule has 0 fully saturated rings.